The van der Waals surface area contributed by atoms with Crippen molar-refractivity contribution in [2.24, 2.45) is 5.73 Å². The van der Waals surface area contributed by atoms with E-state index in [1.165, 1.54) is 12.1 Å². The number of halogens is 1. The van der Waals surface area contributed by atoms with E-state index in [2.05, 4.69) is 0 Å². The number of carboxylic acids is 1. The topological polar surface area (TPSA) is 63.3 Å². The summed E-state index contributed by atoms with van der Waals surface area (Å²) in [5.41, 5.74) is 6.85. The van der Waals surface area contributed by atoms with Crippen LogP contribution in [-0.2, 0) is 11.2 Å². The first kappa shape index (κ1) is 10.7. The molecule has 4 heteroatoms. The molecule has 0 amide bonds. The molecule has 0 aliphatic rings. The summed E-state index contributed by atoms with van der Waals surface area (Å²) in [7, 11) is 0. The van der Waals surface area contributed by atoms with Crippen LogP contribution in [0.3, 0.4) is 0 Å². The molecule has 0 aromatic heterocycles. The summed E-state index contributed by atoms with van der Waals surface area (Å²) < 4.78 is 12.7. The number of nitrogens with two attached hydrogens (primary N) is 1. The number of aryl methyl sites for hydroxylation is 1. The predicted octanol–water partition coefficient (Wildman–Crippen LogP) is 1.09. The van der Waals surface area contributed by atoms with Crippen molar-refractivity contribution in [3.63, 3.8) is 0 Å². The largest absolute Gasteiger partial charge is 0.480 e. The second kappa shape index (κ2) is 4.19. The smallest absolute Gasteiger partial charge is 0.320 e. The standard InChI is InChI=1S/C10H12FNO2/c1-6-4-8(11)3-2-7(6)5-9(12)10(13)14/h2-4,9H,5,12H2,1H3,(H,13,14)/t9-/m0/s1. The van der Waals surface area contributed by atoms with Crippen molar-refractivity contribution in [2.75, 3.05) is 0 Å². The lowest BCUT2D eigenvalue weighted by Gasteiger charge is -2.08. The van der Waals surface area contributed by atoms with Crippen molar-refractivity contribution in [1.29, 1.82) is 0 Å². The molecule has 0 unspecified atom stereocenters. The van der Waals surface area contributed by atoms with Crippen molar-refractivity contribution >= 4 is 5.97 Å². The van der Waals surface area contributed by atoms with Crippen LogP contribution in [-0.4, -0.2) is 17.1 Å². The number of carboxylic acid groups (broad SMARTS) is 1. The third-order valence-electron chi connectivity index (χ3n) is 2.06. The lowest BCUT2D eigenvalue weighted by Crippen LogP contribution is -2.32. The monoisotopic (exact) mass is 197 g/mol. The fraction of sp³-hybridized carbons (Fsp3) is 0.300. The minimum Gasteiger partial charge on any atom is -0.480 e. The summed E-state index contributed by atoms with van der Waals surface area (Å²) >= 11 is 0. The van der Waals surface area contributed by atoms with Gasteiger partial charge in [-0.05, 0) is 36.6 Å². The van der Waals surface area contributed by atoms with E-state index in [1.54, 1.807) is 13.0 Å². The highest BCUT2D eigenvalue weighted by atomic mass is 19.1. The molecule has 0 aliphatic heterocycles. The van der Waals surface area contributed by atoms with Gasteiger partial charge < -0.3 is 10.8 Å². The summed E-state index contributed by atoms with van der Waals surface area (Å²) in [5.74, 6) is -1.37. The van der Waals surface area contributed by atoms with E-state index in [9.17, 15) is 9.18 Å². The SMILES string of the molecule is Cc1cc(F)ccc1C[C@H](N)C(=O)O. The maximum Gasteiger partial charge on any atom is 0.320 e. The number of hydrogen-bond donors (Lipinski definition) is 2. The van der Waals surface area contributed by atoms with Gasteiger partial charge in [0.1, 0.15) is 11.9 Å². The first-order valence-electron chi connectivity index (χ1n) is 4.24. The average Bonchev–Trinajstić information content (AvgIpc) is 2.09. The zero-order valence-electron chi connectivity index (χ0n) is 7.83. The predicted molar refractivity (Wildman–Crippen MR) is 50.5 cm³/mol. The molecule has 1 atom stereocenters. The summed E-state index contributed by atoms with van der Waals surface area (Å²) in [4.78, 5) is 10.5. The van der Waals surface area contributed by atoms with Gasteiger partial charge in [0.15, 0.2) is 0 Å². The Balaban J connectivity index is 2.82. The molecule has 0 saturated heterocycles. The van der Waals surface area contributed by atoms with Gasteiger partial charge in [-0.25, -0.2) is 4.39 Å². The summed E-state index contributed by atoms with van der Waals surface area (Å²) in [6.07, 6.45) is 0.224. The van der Waals surface area contributed by atoms with Crippen molar-refractivity contribution in [3.8, 4) is 0 Å². The first-order chi connectivity index (χ1) is 6.50. The van der Waals surface area contributed by atoms with Crippen LogP contribution in [0.2, 0.25) is 0 Å². The van der Waals surface area contributed by atoms with Crippen molar-refractivity contribution in [1.82, 2.24) is 0 Å². The third-order valence-corrected chi connectivity index (χ3v) is 2.06. The van der Waals surface area contributed by atoms with Crippen molar-refractivity contribution < 1.29 is 14.3 Å². The summed E-state index contributed by atoms with van der Waals surface area (Å²) in [6, 6.07) is 3.30. The van der Waals surface area contributed by atoms with E-state index in [-0.39, 0.29) is 12.2 Å². The molecular weight excluding hydrogens is 185 g/mol. The first-order valence-corrected chi connectivity index (χ1v) is 4.24. The molecular formula is C10H12FNO2. The maximum atomic E-state index is 12.7. The van der Waals surface area contributed by atoms with Crippen LogP contribution >= 0.6 is 0 Å². The summed E-state index contributed by atoms with van der Waals surface area (Å²) in [5, 5.41) is 8.59. The highest BCUT2D eigenvalue weighted by Crippen LogP contribution is 2.11. The van der Waals surface area contributed by atoms with Gasteiger partial charge >= 0.3 is 5.97 Å². The van der Waals surface area contributed by atoms with E-state index in [0.29, 0.717) is 0 Å². The van der Waals surface area contributed by atoms with Crippen LogP contribution in [0, 0.1) is 12.7 Å². The van der Waals surface area contributed by atoms with E-state index < -0.39 is 12.0 Å². The van der Waals surface area contributed by atoms with Crippen LogP contribution in [0.25, 0.3) is 0 Å². The molecule has 0 fully saturated rings. The number of aliphatic carboxylic acids is 1. The second-order valence-electron chi connectivity index (χ2n) is 3.22. The number of benzene rings is 1. The third kappa shape index (κ3) is 2.53. The van der Waals surface area contributed by atoms with Crippen LogP contribution in [0.5, 0.6) is 0 Å². The van der Waals surface area contributed by atoms with Gasteiger partial charge in [-0.2, -0.15) is 0 Å². The average molecular weight is 197 g/mol. The fourth-order valence-corrected chi connectivity index (χ4v) is 1.21. The Kier molecular flexibility index (Phi) is 3.19. The quantitative estimate of drug-likeness (QED) is 0.762. The lowest BCUT2D eigenvalue weighted by atomic mass is 10.0. The van der Waals surface area contributed by atoms with E-state index in [0.717, 1.165) is 11.1 Å². The minimum atomic E-state index is -1.05. The molecule has 14 heavy (non-hydrogen) atoms. The second-order valence-corrected chi connectivity index (χ2v) is 3.22. The fourth-order valence-electron chi connectivity index (χ4n) is 1.21. The number of rotatable bonds is 3. The Morgan fingerprint density at radius 3 is 2.79 bits per heavy atom. The zero-order valence-corrected chi connectivity index (χ0v) is 7.83. The normalized spacial score (nSPS) is 12.5. The highest BCUT2D eigenvalue weighted by Gasteiger charge is 2.13. The molecule has 1 aromatic carbocycles. The molecule has 0 heterocycles. The number of hydrogen-bond acceptors (Lipinski definition) is 2. The molecule has 0 saturated carbocycles. The Morgan fingerprint density at radius 1 is 1.64 bits per heavy atom. The Bertz CT molecular complexity index is 352. The van der Waals surface area contributed by atoms with Gasteiger partial charge in [0.2, 0.25) is 0 Å². The Hall–Kier alpha value is -1.42. The molecule has 3 nitrogen and oxygen atoms in total. The van der Waals surface area contributed by atoms with Crippen LogP contribution in [0.1, 0.15) is 11.1 Å². The van der Waals surface area contributed by atoms with Gasteiger partial charge in [-0.15, -0.1) is 0 Å². The number of carbonyl (C=O) groups is 1. The van der Waals surface area contributed by atoms with Crippen LogP contribution in [0.4, 0.5) is 4.39 Å². The lowest BCUT2D eigenvalue weighted by molar-refractivity contribution is -0.138. The molecule has 3 N–H and O–H groups in total. The molecule has 0 bridgehead atoms. The van der Waals surface area contributed by atoms with Crippen LogP contribution in [0.15, 0.2) is 18.2 Å². The van der Waals surface area contributed by atoms with Gasteiger partial charge in [-0.3, -0.25) is 4.79 Å². The van der Waals surface area contributed by atoms with E-state index >= 15 is 0 Å². The molecule has 0 radical (unpaired) electrons. The minimum absolute atomic E-state index is 0.224. The van der Waals surface area contributed by atoms with Crippen LogP contribution < -0.4 is 5.73 Å². The van der Waals surface area contributed by atoms with Gasteiger partial charge in [0, 0.05) is 0 Å². The van der Waals surface area contributed by atoms with Gasteiger partial charge in [0.05, 0.1) is 0 Å². The van der Waals surface area contributed by atoms with E-state index in [4.69, 9.17) is 10.8 Å². The van der Waals surface area contributed by atoms with Gasteiger partial charge in [0.25, 0.3) is 0 Å². The van der Waals surface area contributed by atoms with Gasteiger partial charge in [-0.1, -0.05) is 6.07 Å². The molecule has 76 valence electrons. The van der Waals surface area contributed by atoms with E-state index in [1.807, 2.05) is 0 Å². The molecule has 0 aliphatic carbocycles. The maximum absolute atomic E-state index is 12.7. The van der Waals surface area contributed by atoms with Crippen molar-refractivity contribution in [3.05, 3.63) is 35.1 Å². The molecule has 1 aromatic rings. The molecule has 0 spiro atoms. The summed E-state index contributed by atoms with van der Waals surface area (Å²) in [6.45, 7) is 1.73. The Labute approximate surface area is 81.4 Å². The van der Waals surface area contributed by atoms with Crippen molar-refractivity contribution in [2.45, 2.75) is 19.4 Å². The Morgan fingerprint density at radius 2 is 2.29 bits per heavy atom. The molecule has 1 rings (SSSR count). The zero-order chi connectivity index (χ0) is 10.7. The highest BCUT2D eigenvalue weighted by molar-refractivity contribution is 5.73.